The van der Waals surface area contributed by atoms with E-state index >= 15 is 0 Å². The van der Waals surface area contributed by atoms with Crippen LogP contribution in [-0.4, -0.2) is 16.3 Å². The van der Waals surface area contributed by atoms with Gasteiger partial charge in [0.15, 0.2) is 0 Å². The molecule has 1 aliphatic rings. The molecule has 0 amide bonds. The lowest BCUT2D eigenvalue weighted by atomic mass is 9.84. The Hall–Kier alpha value is -0.830. The summed E-state index contributed by atoms with van der Waals surface area (Å²) in [5.74, 6) is 0.969. The second-order valence-electron chi connectivity index (χ2n) is 5.82. The summed E-state index contributed by atoms with van der Waals surface area (Å²) < 4.78 is 2.03. The van der Waals surface area contributed by atoms with Crippen molar-refractivity contribution in [2.75, 3.05) is 6.54 Å². The standard InChI is InChI=1S/C16H29N3/c1-3-17-16(15-12-18-19(4-2)13-15)11-10-14-8-6-5-7-9-14/h12-14,16-17H,3-11H2,1-2H3. The second-order valence-corrected chi connectivity index (χ2v) is 5.82. The van der Waals surface area contributed by atoms with Gasteiger partial charge in [0.1, 0.15) is 0 Å². The van der Waals surface area contributed by atoms with Gasteiger partial charge < -0.3 is 5.32 Å². The molecule has 19 heavy (non-hydrogen) atoms. The summed E-state index contributed by atoms with van der Waals surface area (Å²) in [5.41, 5.74) is 1.36. The first-order valence-electron chi connectivity index (χ1n) is 8.09. The van der Waals surface area contributed by atoms with Gasteiger partial charge in [0, 0.05) is 24.3 Å². The van der Waals surface area contributed by atoms with E-state index in [1.807, 2.05) is 10.9 Å². The Balaban J connectivity index is 1.87. The van der Waals surface area contributed by atoms with Crippen molar-refractivity contribution >= 4 is 0 Å². The summed E-state index contributed by atoms with van der Waals surface area (Å²) >= 11 is 0. The maximum absolute atomic E-state index is 4.41. The zero-order chi connectivity index (χ0) is 13.5. The van der Waals surface area contributed by atoms with Crippen LogP contribution in [0.25, 0.3) is 0 Å². The van der Waals surface area contributed by atoms with E-state index in [2.05, 4.69) is 30.5 Å². The van der Waals surface area contributed by atoms with Gasteiger partial charge in [-0.15, -0.1) is 0 Å². The van der Waals surface area contributed by atoms with E-state index in [1.54, 1.807) is 0 Å². The Kier molecular flexibility index (Phi) is 5.90. The van der Waals surface area contributed by atoms with Crippen LogP contribution in [-0.2, 0) is 6.54 Å². The van der Waals surface area contributed by atoms with E-state index in [9.17, 15) is 0 Å². The molecule has 1 atom stereocenters. The topological polar surface area (TPSA) is 29.9 Å². The maximum atomic E-state index is 4.41. The zero-order valence-electron chi connectivity index (χ0n) is 12.6. The van der Waals surface area contributed by atoms with Gasteiger partial charge in [-0.25, -0.2) is 0 Å². The molecule has 2 rings (SSSR count). The smallest absolute Gasteiger partial charge is 0.0537 e. The number of nitrogens with one attached hydrogen (secondary N) is 1. The van der Waals surface area contributed by atoms with E-state index in [1.165, 1.54) is 50.5 Å². The third-order valence-electron chi connectivity index (χ3n) is 4.42. The molecular weight excluding hydrogens is 234 g/mol. The largest absolute Gasteiger partial charge is 0.310 e. The number of hydrogen-bond acceptors (Lipinski definition) is 2. The fourth-order valence-corrected chi connectivity index (χ4v) is 3.24. The van der Waals surface area contributed by atoms with Crippen LogP contribution in [0.1, 0.15) is 70.4 Å². The van der Waals surface area contributed by atoms with Crippen molar-refractivity contribution in [1.29, 1.82) is 0 Å². The van der Waals surface area contributed by atoms with Crippen LogP contribution in [0, 0.1) is 5.92 Å². The van der Waals surface area contributed by atoms with Crippen molar-refractivity contribution < 1.29 is 0 Å². The van der Waals surface area contributed by atoms with Gasteiger partial charge in [0.2, 0.25) is 0 Å². The Labute approximate surface area is 117 Å². The van der Waals surface area contributed by atoms with Crippen LogP contribution in [0.4, 0.5) is 0 Å². The molecule has 1 unspecified atom stereocenters. The van der Waals surface area contributed by atoms with Crippen LogP contribution in [0.5, 0.6) is 0 Å². The summed E-state index contributed by atoms with van der Waals surface area (Å²) in [6.07, 6.45) is 14.1. The molecule has 1 N–H and O–H groups in total. The molecule has 1 aromatic rings. The average molecular weight is 263 g/mol. The first-order valence-corrected chi connectivity index (χ1v) is 8.09. The third kappa shape index (κ3) is 4.34. The van der Waals surface area contributed by atoms with Crippen molar-refractivity contribution in [2.45, 2.75) is 71.4 Å². The first kappa shape index (κ1) is 14.6. The molecule has 0 aromatic carbocycles. The van der Waals surface area contributed by atoms with Crippen molar-refractivity contribution in [3.05, 3.63) is 18.0 Å². The lowest BCUT2D eigenvalue weighted by Crippen LogP contribution is -2.21. The highest BCUT2D eigenvalue weighted by Gasteiger charge is 2.17. The van der Waals surface area contributed by atoms with Crippen molar-refractivity contribution in [3.8, 4) is 0 Å². The molecule has 3 nitrogen and oxygen atoms in total. The fourth-order valence-electron chi connectivity index (χ4n) is 3.24. The van der Waals surface area contributed by atoms with E-state index in [-0.39, 0.29) is 0 Å². The molecule has 1 fully saturated rings. The lowest BCUT2D eigenvalue weighted by Gasteiger charge is -2.24. The summed E-state index contributed by atoms with van der Waals surface area (Å²) in [6, 6.07) is 0.493. The normalized spacial score (nSPS) is 18.6. The molecule has 0 bridgehead atoms. The Morgan fingerprint density at radius 3 is 2.74 bits per heavy atom. The van der Waals surface area contributed by atoms with Gasteiger partial charge in [0.25, 0.3) is 0 Å². The Morgan fingerprint density at radius 1 is 1.32 bits per heavy atom. The van der Waals surface area contributed by atoms with Gasteiger partial charge in [0.05, 0.1) is 6.20 Å². The zero-order valence-corrected chi connectivity index (χ0v) is 12.6. The first-order chi connectivity index (χ1) is 9.33. The SMILES string of the molecule is CCNC(CCC1CCCCC1)c1cnn(CC)c1. The quantitative estimate of drug-likeness (QED) is 0.808. The average Bonchev–Trinajstić information content (AvgIpc) is 2.93. The molecule has 1 saturated carbocycles. The van der Waals surface area contributed by atoms with Crippen molar-refractivity contribution in [3.63, 3.8) is 0 Å². The van der Waals surface area contributed by atoms with Crippen molar-refractivity contribution in [2.24, 2.45) is 5.92 Å². The number of hydrogen-bond donors (Lipinski definition) is 1. The van der Waals surface area contributed by atoms with E-state index in [0.29, 0.717) is 6.04 Å². The van der Waals surface area contributed by atoms with Crippen LogP contribution < -0.4 is 5.32 Å². The molecule has 1 aromatic heterocycles. The van der Waals surface area contributed by atoms with E-state index in [4.69, 9.17) is 0 Å². The number of aromatic nitrogens is 2. The molecular formula is C16H29N3. The molecule has 1 aliphatic carbocycles. The minimum absolute atomic E-state index is 0.493. The van der Waals surface area contributed by atoms with Gasteiger partial charge in [-0.3, -0.25) is 4.68 Å². The van der Waals surface area contributed by atoms with Gasteiger partial charge in [-0.05, 0) is 32.2 Å². The Bertz CT molecular complexity index is 353. The van der Waals surface area contributed by atoms with Gasteiger partial charge in [-0.1, -0.05) is 39.0 Å². The van der Waals surface area contributed by atoms with Gasteiger partial charge in [-0.2, -0.15) is 5.10 Å². The highest BCUT2D eigenvalue weighted by atomic mass is 15.3. The van der Waals surface area contributed by atoms with Gasteiger partial charge >= 0.3 is 0 Å². The Morgan fingerprint density at radius 2 is 2.11 bits per heavy atom. The number of nitrogens with zero attached hydrogens (tertiary/aromatic N) is 2. The molecule has 0 aliphatic heterocycles. The minimum atomic E-state index is 0.493. The molecule has 0 saturated heterocycles. The molecule has 1 heterocycles. The summed E-state index contributed by atoms with van der Waals surface area (Å²) in [7, 11) is 0. The maximum Gasteiger partial charge on any atom is 0.0537 e. The van der Waals surface area contributed by atoms with Crippen LogP contribution >= 0.6 is 0 Å². The molecule has 0 radical (unpaired) electrons. The monoisotopic (exact) mass is 263 g/mol. The summed E-state index contributed by atoms with van der Waals surface area (Å²) in [4.78, 5) is 0. The van der Waals surface area contributed by atoms with Crippen LogP contribution in [0.3, 0.4) is 0 Å². The van der Waals surface area contributed by atoms with E-state index in [0.717, 1.165) is 19.0 Å². The highest BCUT2D eigenvalue weighted by Crippen LogP contribution is 2.30. The highest BCUT2D eigenvalue weighted by molar-refractivity contribution is 5.10. The fraction of sp³-hybridized carbons (Fsp3) is 0.812. The van der Waals surface area contributed by atoms with Crippen molar-refractivity contribution in [1.82, 2.24) is 15.1 Å². The number of aryl methyl sites for hydroxylation is 1. The van der Waals surface area contributed by atoms with Crippen LogP contribution in [0.2, 0.25) is 0 Å². The van der Waals surface area contributed by atoms with Crippen LogP contribution in [0.15, 0.2) is 12.4 Å². The van der Waals surface area contributed by atoms with E-state index < -0.39 is 0 Å². The molecule has 0 spiro atoms. The lowest BCUT2D eigenvalue weighted by molar-refractivity contribution is 0.315. The molecule has 108 valence electrons. The third-order valence-corrected chi connectivity index (χ3v) is 4.42. The summed E-state index contributed by atoms with van der Waals surface area (Å²) in [6.45, 7) is 6.33. The predicted molar refractivity (Wildman–Crippen MR) is 80.1 cm³/mol. The summed E-state index contributed by atoms with van der Waals surface area (Å²) in [5, 5.41) is 8.03. The molecule has 3 heteroatoms. The number of rotatable bonds is 7. The second kappa shape index (κ2) is 7.68. The predicted octanol–water partition coefficient (Wildman–Crippen LogP) is 3.91. The minimum Gasteiger partial charge on any atom is -0.310 e.